The molecule has 0 spiro atoms. The maximum absolute atomic E-state index is 9.89. The molecule has 2 nitrogen and oxygen atoms in total. The molecular formula is C16H18O2. The van der Waals surface area contributed by atoms with Crippen molar-refractivity contribution in [1.29, 1.82) is 0 Å². The molecule has 0 heterocycles. The normalized spacial score (nSPS) is 12.1. The third kappa shape index (κ3) is 3.90. The van der Waals surface area contributed by atoms with Crippen LogP contribution in [0.4, 0.5) is 0 Å². The van der Waals surface area contributed by atoms with Crippen molar-refractivity contribution in [2.45, 2.75) is 19.4 Å². The Bertz CT molecular complexity index is 462. The highest BCUT2D eigenvalue weighted by Crippen LogP contribution is 2.12. The lowest BCUT2D eigenvalue weighted by atomic mass is 10.1. The van der Waals surface area contributed by atoms with Gasteiger partial charge < -0.3 is 9.84 Å². The average Bonchev–Trinajstić information content (AvgIpc) is 2.39. The Morgan fingerprint density at radius 1 is 1.00 bits per heavy atom. The van der Waals surface area contributed by atoms with Crippen LogP contribution in [0, 0.1) is 6.92 Å². The zero-order chi connectivity index (χ0) is 12.8. The first-order valence-electron chi connectivity index (χ1n) is 6.15. The lowest BCUT2D eigenvalue weighted by molar-refractivity contribution is 0.108. The number of ether oxygens (including phenoxy) is 1. The van der Waals surface area contributed by atoms with Crippen molar-refractivity contribution in [2.75, 3.05) is 6.61 Å². The van der Waals surface area contributed by atoms with Gasteiger partial charge in [-0.15, -0.1) is 0 Å². The summed E-state index contributed by atoms with van der Waals surface area (Å²) in [6.45, 7) is 2.35. The first-order chi connectivity index (χ1) is 8.74. The highest BCUT2D eigenvalue weighted by Gasteiger charge is 2.06. The Kier molecular flexibility index (Phi) is 4.37. The van der Waals surface area contributed by atoms with Gasteiger partial charge in [0.1, 0.15) is 12.4 Å². The van der Waals surface area contributed by atoms with Gasteiger partial charge in [0.05, 0.1) is 6.10 Å². The van der Waals surface area contributed by atoms with Crippen molar-refractivity contribution < 1.29 is 9.84 Å². The number of aryl methyl sites for hydroxylation is 1. The summed E-state index contributed by atoms with van der Waals surface area (Å²) in [5.41, 5.74) is 2.32. The molecule has 1 N–H and O–H groups in total. The van der Waals surface area contributed by atoms with Crippen LogP contribution >= 0.6 is 0 Å². The third-order valence-corrected chi connectivity index (χ3v) is 2.78. The summed E-state index contributed by atoms with van der Waals surface area (Å²) in [5, 5.41) is 9.89. The van der Waals surface area contributed by atoms with Crippen LogP contribution in [0.2, 0.25) is 0 Å². The van der Waals surface area contributed by atoms with Gasteiger partial charge in [0.15, 0.2) is 0 Å². The average molecular weight is 242 g/mol. The van der Waals surface area contributed by atoms with Gasteiger partial charge in [0, 0.05) is 6.42 Å². The van der Waals surface area contributed by atoms with Crippen LogP contribution in [-0.4, -0.2) is 17.8 Å². The van der Waals surface area contributed by atoms with Crippen LogP contribution in [0.25, 0.3) is 0 Å². The minimum atomic E-state index is -0.478. The SMILES string of the molecule is Cc1ccc(OCC(O)Cc2ccccc2)cc1. The van der Waals surface area contributed by atoms with Gasteiger partial charge >= 0.3 is 0 Å². The lowest BCUT2D eigenvalue weighted by Crippen LogP contribution is -2.20. The predicted octanol–water partition coefficient (Wildman–Crippen LogP) is 2.98. The molecule has 2 rings (SSSR count). The van der Waals surface area contributed by atoms with E-state index in [-0.39, 0.29) is 0 Å². The van der Waals surface area contributed by atoms with Crippen molar-refractivity contribution in [2.24, 2.45) is 0 Å². The van der Waals surface area contributed by atoms with E-state index in [1.165, 1.54) is 5.56 Å². The number of rotatable bonds is 5. The molecule has 0 radical (unpaired) electrons. The Hall–Kier alpha value is -1.80. The summed E-state index contributed by atoms with van der Waals surface area (Å²) >= 11 is 0. The molecule has 2 aromatic rings. The van der Waals surface area contributed by atoms with E-state index in [1.54, 1.807) is 0 Å². The topological polar surface area (TPSA) is 29.5 Å². The summed E-state index contributed by atoms with van der Waals surface area (Å²) < 4.78 is 5.54. The number of hydrogen-bond acceptors (Lipinski definition) is 2. The highest BCUT2D eigenvalue weighted by atomic mass is 16.5. The molecule has 0 bridgehead atoms. The monoisotopic (exact) mass is 242 g/mol. The zero-order valence-corrected chi connectivity index (χ0v) is 10.5. The van der Waals surface area contributed by atoms with Crippen molar-refractivity contribution in [1.82, 2.24) is 0 Å². The second-order valence-corrected chi connectivity index (χ2v) is 4.47. The molecule has 0 saturated heterocycles. The van der Waals surface area contributed by atoms with Gasteiger partial charge in [0.2, 0.25) is 0 Å². The van der Waals surface area contributed by atoms with E-state index >= 15 is 0 Å². The second-order valence-electron chi connectivity index (χ2n) is 4.47. The largest absolute Gasteiger partial charge is 0.491 e. The van der Waals surface area contributed by atoms with E-state index in [9.17, 15) is 5.11 Å². The quantitative estimate of drug-likeness (QED) is 0.873. The summed E-state index contributed by atoms with van der Waals surface area (Å²) in [4.78, 5) is 0. The van der Waals surface area contributed by atoms with E-state index in [0.717, 1.165) is 11.3 Å². The van der Waals surface area contributed by atoms with Gasteiger partial charge in [-0.3, -0.25) is 0 Å². The van der Waals surface area contributed by atoms with E-state index in [1.807, 2.05) is 61.5 Å². The molecule has 1 unspecified atom stereocenters. The first-order valence-corrected chi connectivity index (χ1v) is 6.15. The summed E-state index contributed by atoms with van der Waals surface area (Å²) in [6, 6.07) is 17.8. The first kappa shape index (κ1) is 12.7. The summed E-state index contributed by atoms with van der Waals surface area (Å²) in [7, 11) is 0. The molecule has 0 saturated carbocycles. The third-order valence-electron chi connectivity index (χ3n) is 2.78. The smallest absolute Gasteiger partial charge is 0.119 e. The van der Waals surface area contributed by atoms with Crippen LogP contribution in [0.3, 0.4) is 0 Å². The standard InChI is InChI=1S/C16H18O2/c1-13-7-9-16(10-8-13)18-12-15(17)11-14-5-3-2-4-6-14/h2-10,15,17H,11-12H2,1H3. The Morgan fingerprint density at radius 3 is 2.33 bits per heavy atom. The number of aliphatic hydroxyl groups is 1. The molecule has 0 amide bonds. The maximum atomic E-state index is 9.89. The van der Waals surface area contributed by atoms with Gasteiger partial charge in [-0.1, -0.05) is 48.0 Å². The molecule has 0 aliphatic heterocycles. The van der Waals surface area contributed by atoms with E-state index in [4.69, 9.17) is 4.74 Å². The predicted molar refractivity (Wildman–Crippen MR) is 72.8 cm³/mol. The van der Waals surface area contributed by atoms with E-state index < -0.39 is 6.10 Å². The van der Waals surface area contributed by atoms with Gasteiger partial charge in [-0.05, 0) is 24.6 Å². The molecule has 18 heavy (non-hydrogen) atoms. The Morgan fingerprint density at radius 2 is 1.67 bits per heavy atom. The molecular weight excluding hydrogens is 224 g/mol. The van der Waals surface area contributed by atoms with Crippen LogP contribution < -0.4 is 4.74 Å². The zero-order valence-electron chi connectivity index (χ0n) is 10.5. The Labute approximate surface area is 108 Å². The second kappa shape index (κ2) is 6.22. The summed E-state index contributed by atoms with van der Waals surface area (Å²) in [6.07, 6.45) is 0.140. The van der Waals surface area contributed by atoms with Crippen LogP contribution in [-0.2, 0) is 6.42 Å². The van der Waals surface area contributed by atoms with Gasteiger partial charge in [-0.25, -0.2) is 0 Å². The number of aliphatic hydroxyl groups excluding tert-OH is 1. The molecule has 1 atom stereocenters. The van der Waals surface area contributed by atoms with Crippen molar-refractivity contribution in [3.63, 3.8) is 0 Å². The number of benzene rings is 2. The molecule has 2 aromatic carbocycles. The van der Waals surface area contributed by atoms with Crippen LogP contribution in [0.1, 0.15) is 11.1 Å². The van der Waals surface area contributed by atoms with Crippen LogP contribution in [0.5, 0.6) is 5.75 Å². The maximum Gasteiger partial charge on any atom is 0.119 e. The fraction of sp³-hybridized carbons (Fsp3) is 0.250. The van der Waals surface area contributed by atoms with E-state index in [2.05, 4.69) is 0 Å². The van der Waals surface area contributed by atoms with Crippen LogP contribution in [0.15, 0.2) is 54.6 Å². The minimum absolute atomic E-state index is 0.317. The molecule has 0 fully saturated rings. The van der Waals surface area contributed by atoms with Crippen molar-refractivity contribution >= 4 is 0 Å². The van der Waals surface area contributed by atoms with Crippen molar-refractivity contribution in [3.8, 4) is 5.75 Å². The molecule has 0 aliphatic carbocycles. The minimum Gasteiger partial charge on any atom is -0.491 e. The Balaban J connectivity index is 1.81. The fourth-order valence-corrected chi connectivity index (χ4v) is 1.77. The number of hydrogen-bond donors (Lipinski definition) is 1. The molecule has 0 aromatic heterocycles. The molecule has 94 valence electrons. The van der Waals surface area contributed by atoms with Gasteiger partial charge in [-0.2, -0.15) is 0 Å². The lowest BCUT2D eigenvalue weighted by Gasteiger charge is -2.12. The highest BCUT2D eigenvalue weighted by molar-refractivity contribution is 5.26. The van der Waals surface area contributed by atoms with Crippen molar-refractivity contribution in [3.05, 3.63) is 65.7 Å². The summed E-state index contributed by atoms with van der Waals surface area (Å²) in [5.74, 6) is 0.799. The molecule has 2 heteroatoms. The molecule has 0 aliphatic rings. The fourth-order valence-electron chi connectivity index (χ4n) is 1.77. The van der Waals surface area contributed by atoms with Gasteiger partial charge in [0.25, 0.3) is 0 Å². The van der Waals surface area contributed by atoms with E-state index in [0.29, 0.717) is 13.0 Å².